The van der Waals surface area contributed by atoms with E-state index in [1.54, 1.807) is 4.68 Å². The number of likely N-dealkylation sites (tertiary alicyclic amines) is 1. The number of piperidine rings is 1. The molecule has 0 N–H and O–H groups in total. The van der Waals surface area contributed by atoms with E-state index in [4.69, 9.17) is 0 Å². The molecule has 1 aliphatic rings. The molecule has 5 nitrogen and oxygen atoms in total. The highest BCUT2D eigenvalue weighted by Gasteiger charge is 2.22. The summed E-state index contributed by atoms with van der Waals surface area (Å²) in [7, 11) is 1.87. The van der Waals surface area contributed by atoms with Crippen LogP contribution in [0.2, 0.25) is 0 Å². The zero-order chi connectivity index (χ0) is 15.5. The topological polar surface area (TPSA) is 55.2 Å². The first kappa shape index (κ1) is 14.9. The molecule has 0 spiro atoms. The predicted octanol–water partition coefficient (Wildman–Crippen LogP) is 2.06. The first-order valence-corrected chi connectivity index (χ1v) is 7.79. The highest BCUT2D eigenvalue weighted by Crippen LogP contribution is 2.21. The Labute approximate surface area is 129 Å². The standard InChI is InChI=1S/C17H21N3O2/c1-19-11-15-14(3-2-4-16(15)18-19)17(22)12-20-8-5-13(6-9-20)7-10-21/h2-4,10-11,13H,5-9,12H2,1H3. The number of hydrogen-bond donors (Lipinski definition) is 0. The lowest BCUT2D eigenvalue weighted by molar-refractivity contribution is -0.108. The molecular formula is C17H21N3O2. The van der Waals surface area contributed by atoms with E-state index in [-0.39, 0.29) is 5.78 Å². The zero-order valence-electron chi connectivity index (χ0n) is 12.9. The highest BCUT2D eigenvalue weighted by atomic mass is 16.1. The van der Waals surface area contributed by atoms with Crippen molar-refractivity contribution in [2.75, 3.05) is 19.6 Å². The monoisotopic (exact) mass is 299 g/mol. The number of hydrogen-bond acceptors (Lipinski definition) is 4. The minimum absolute atomic E-state index is 0.146. The first-order valence-electron chi connectivity index (χ1n) is 7.79. The van der Waals surface area contributed by atoms with E-state index in [9.17, 15) is 9.59 Å². The Hall–Kier alpha value is -2.01. The third kappa shape index (κ3) is 3.09. The predicted molar refractivity (Wildman–Crippen MR) is 84.9 cm³/mol. The van der Waals surface area contributed by atoms with Gasteiger partial charge in [0.15, 0.2) is 5.78 Å². The van der Waals surface area contributed by atoms with Gasteiger partial charge in [-0.15, -0.1) is 0 Å². The maximum Gasteiger partial charge on any atom is 0.177 e. The molecule has 2 aromatic rings. The molecule has 0 aliphatic carbocycles. The summed E-state index contributed by atoms with van der Waals surface area (Å²) in [4.78, 5) is 25.4. The number of aromatic nitrogens is 2. The van der Waals surface area contributed by atoms with Crippen LogP contribution in [-0.2, 0) is 11.8 Å². The lowest BCUT2D eigenvalue weighted by Crippen LogP contribution is -2.37. The van der Waals surface area contributed by atoms with Gasteiger partial charge in [0.1, 0.15) is 6.29 Å². The molecule has 1 saturated heterocycles. The fraction of sp³-hybridized carbons (Fsp3) is 0.471. The van der Waals surface area contributed by atoms with Crippen LogP contribution in [0.1, 0.15) is 29.6 Å². The summed E-state index contributed by atoms with van der Waals surface area (Å²) < 4.78 is 1.74. The van der Waals surface area contributed by atoms with Crippen molar-refractivity contribution in [3.05, 3.63) is 30.0 Å². The van der Waals surface area contributed by atoms with E-state index in [0.29, 0.717) is 18.9 Å². The number of fused-ring (bicyclic) bond motifs is 1. The molecule has 0 bridgehead atoms. The summed E-state index contributed by atoms with van der Waals surface area (Å²) in [6.07, 6.45) is 5.57. The summed E-state index contributed by atoms with van der Waals surface area (Å²) in [6.45, 7) is 2.24. The average molecular weight is 299 g/mol. The molecule has 1 aromatic carbocycles. The van der Waals surface area contributed by atoms with E-state index < -0.39 is 0 Å². The van der Waals surface area contributed by atoms with Crippen LogP contribution < -0.4 is 0 Å². The van der Waals surface area contributed by atoms with Gasteiger partial charge in [0.25, 0.3) is 0 Å². The lowest BCUT2D eigenvalue weighted by Gasteiger charge is -2.30. The van der Waals surface area contributed by atoms with Gasteiger partial charge in [0.2, 0.25) is 0 Å². The van der Waals surface area contributed by atoms with Crippen molar-refractivity contribution in [3.8, 4) is 0 Å². The molecule has 22 heavy (non-hydrogen) atoms. The smallest absolute Gasteiger partial charge is 0.177 e. The van der Waals surface area contributed by atoms with Crippen molar-refractivity contribution >= 4 is 23.0 Å². The molecule has 1 aromatic heterocycles. The van der Waals surface area contributed by atoms with Crippen LogP contribution in [0.4, 0.5) is 0 Å². The number of aryl methyl sites for hydroxylation is 1. The maximum atomic E-state index is 12.6. The zero-order valence-corrected chi connectivity index (χ0v) is 12.9. The Bertz CT molecular complexity index is 684. The maximum absolute atomic E-state index is 12.6. The van der Waals surface area contributed by atoms with Gasteiger partial charge in [-0.1, -0.05) is 12.1 Å². The van der Waals surface area contributed by atoms with Crippen molar-refractivity contribution < 1.29 is 9.59 Å². The SMILES string of the molecule is Cn1cc2c(C(=O)CN3CCC(CC=O)CC3)cccc2n1. The van der Waals surface area contributed by atoms with Gasteiger partial charge >= 0.3 is 0 Å². The van der Waals surface area contributed by atoms with E-state index in [2.05, 4.69) is 10.00 Å². The van der Waals surface area contributed by atoms with Gasteiger partial charge in [0, 0.05) is 30.6 Å². The molecule has 0 atom stereocenters. The second-order valence-electron chi connectivity index (χ2n) is 6.09. The van der Waals surface area contributed by atoms with Gasteiger partial charge in [0.05, 0.1) is 12.1 Å². The van der Waals surface area contributed by atoms with Crippen LogP contribution in [0.15, 0.2) is 24.4 Å². The molecule has 2 heterocycles. The van der Waals surface area contributed by atoms with Crippen LogP contribution in [0.5, 0.6) is 0 Å². The van der Waals surface area contributed by atoms with Crippen molar-refractivity contribution in [2.45, 2.75) is 19.3 Å². The van der Waals surface area contributed by atoms with Crippen LogP contribution in [-0.4, -0.2) is 46.4 Å². The van der Waals surface area contributed by atoms with E-state index in [1.807, 2.05) is 31.4 Å². The lowest BCUT2D eigenvalue weighted by atomic mass is 9.94. The fourth-order valence-electron chi connectivity index (χ4n) is 3.21. The minimum Gasteiger partial charge on any atom is -0.303 e. The van der Waals surface area contributed by atoms with Gasteiger partial charge in [-0.2, -0.15) is 5.10 Å². The van der Waals surface area contributed by atoms with E-state index in [1.165, 1.54) is 0 Å². The number of benzene rings is 1. The molecule has 0 unspecified atom stereocenters. The number of carbonyl (C=O) groups excluding carboxylic acids is 2. The molecular weight excluding hydrogens is 278 g/mol. The molecule has 0 radical (unpaired) electrons. The van der Waals surface area contributed by atoms with Gasteiger partial charge < -0.3 is 4.79 Å². The summed E-state index contributed by atoms with van der Waals surface area (Å²) in [5, 5.41) is 5.27. The normalized spacial score (nSPS) is 17.0. The fourth-order valence-corrected chi connectivity index (χ4v) is 3.21. The molecule has 5 heteroatoms. The summed E-state index contributed by atoms with van der Waals surface area (Å²) in [6, 6.07) is 5.70. The van der Waals surface area contributed by atoms with Crippen LogP contribution in [0.25, 0.3) is 10.9 Å². The van der Waals surface area contributed by atoms with Gasteiger partial charge in [-0.05, 0) is 37.9 Å². The van der Waals surface area contributed by atoms with Crippen molar-refractivity contribution in [2.24, 2.45) is 13.0 Å². The summed E-state index contributed by atoms with van der Waals surface area (Å²) in [5.74, 6) is 0.637. The Kier molecular flexibility index (Phi) is 4.34. The summed E-state index contributed by atoms with van der Waals surface area (Å²) >= 11 is 0. The molecule has 1 fully saturated rings. The molecule has 116 valence electrons. The second kappa shape index (κ2) is 6.40. The highest BCUT2D eigenvalue weighted by molar-refractivity contribution is 6.08. The molecule has 3 rings (SSSR count). The number of nitrogens with zero attached hydrogens (tertiary/aromatic N) is 3. The minimum atomic E-state index is 0.146. The van der Waals surface area contributed by atoms with Crippen LogP contribution in [0, 0.1) is 5.92 Å². The van der Waals surface area contributed by atoms with E-state index >= 15 is 0 Å². The quantitative estimate of drug-likeness (QED) is 0.626. The summed E-state index contributed by atoms with van der Waals surface area (Å²) in [5.41, 5.74) is 1.61. The number of rotatable bonds is 5. The first-order chi connectivity index (χ1) is 10.7. The largest absolute Gasteiger partial charge is 0.303 e. The van der Waals surface area contributed by atoms with Gasteiger partial charge in [-0.3, -0.25) is 14.4 Å². The Balaban J connectivity index is 1.68. The molecule has 0 saturated carbocycles. The number of carbonyl (C=O) groups is 2. The van der Waals surface area contributed by atoms with Crippen LogP contribution >= 0.6 is 0 Å². The third-order valence-corrected chi connectivity index (χ3v) is 4.47. The van der Waals surface area contributed by atoms with Crippen molar-refractivity contribution in [1.29, 1.82) is 0 Å². The molecule has 1 aliphatic heterocycles. The van der Waals surface area contributed by atoms with Crippen molar-refractivity contribution in [1.82, 2.24) is 14.7 Å². The number of aldehydes is 1. The molecule has 0 amide bonds. The Morgan fingerprint density at radius 2 is 2.14 bits per heavy atom. The Morgan fingerprint density at radius 3 is 2.86 bits per heavy atom. The Morgan fingerprint density at radius 1 is 1.36 bits per heavy atom. The van der Waals surface area contributed by atoms with Crippen molar-refractivity contribution in [3.63, 3.8) is 0 Å². The van der Waals surface area contributed by atoms with Crippen LogP contribution in [0.3, 0.4) is 0 Å². The third-order valence-electron chi connectivity index (χ3n) is 4.47. The second-order valence-corrected chi connectivity index (χ2v) is 6.09. The average Bonchev–Trinajstić information content (AvgIpc) is 2.89. The van der Waals surface area contributed by atoms with E-state index in [0.717, 1.165) is 48.7 Å². The number of ketones is 1. The van der Waals surface area contributed by atoms with Gasteiger partial charge in [-0.25, -0.2) is 0 Å². The number of Topliss-reactive ketones (excluding diaryl/α,β-unsaturated/α-hetero) is 1.